The summed E-state index contributed by atoms with van der Waals surface area (Å²) in [6, 6.07) is 22.2. The number of benzene rings is 3. The molecule has 0 saturated carbocycles. The molecule has 1 aromatic heterocycles. The Morgan fingerprint density at radius 3 is 2.46 bits per heavy atom. The van der Waals surface area contributed by atoms with Crippen molar-refractivity contribution in [2.45, 2.75) is 38.4 Å². The van der Waals surface area contributed by atoms with E-state index >= 15 is 0 Å². The lowest BCUT2D eigenvalue weighted by atomic mass is 9.85. The Bertz CT molecular complexity index is 1510. The van der Waals surface area contributed by atoms with E-state index in [0.717, 1.165) is 47.3 Å². The molecule has 0 unspecified atom stereocenters. The number of amides is 2. The summed E-state index contributed by atoms with van der Waals surface area (Å²) < 4.78 is 6.93. The zero-order valence-electron chi connectivity index (χ0n) is 23.7. The van der Waals surface area contributed by atoms with Crippen molar-refractivity contribution < 1.29 is 14.3 Å². The number of para-hydroxylation sites is 1. The van der Waals surface area contributed by atoms with Crippen molar-refractivity contribution in [2.75, 3.05) is 31.4 Å². The fourth-order valence-electron chi connectivity index (χ4n) is 5.30. The topological polar surface area (TPSA) is 92.6 Å². The van der Waals surface area contributed by atoms with Gasteiger partial charge in [0.15, 0.2) is 0 Å². The number of hydrogen-bond acceptors (Lipinski definition) is 6. The van der Waals surface area contributed by atoms with Crippen LogP contribution in [-0.2, 0) is 22.7 Å². The Labute approximate surface area is 240 Å². The normalized spacial score (nSPS) is 15.3. The standard InChI is InChI=1S/C32H36N6O3/c1-36(2)26-17-15-25(16-18-26)33-32(40)31(24-9-5-4-6-10-24)37(21-23-13-19-27(41-3)20-14-23)30(39)22-38-29-12-8-7-11-28(29)34-35-38/h4-5,7-8,11-20,24,31H,6,9-10,21-22H2,1-3H3,(H,33,40)/t24-,31-/m1/s1. The van der Waals surface area contributed by atoms with E-state index in [1.165, 1.54) is 0 Å². The molecule has 212 valence electrons. The van der Waals surface area contributed by atoms with Crippen LogP contribution in [0.15, 0.2) is 84.9 Å². The molecule has 4 aromatic rings. The maximum atomic E-state index is 14.2. The zero-order chi connectivity index (χ0) is 28.8. The van der Waals surface area contributed by atoms with E-state index < -0.39 is 6.04 Å². The van der Waals surface area contributed by atoms with Crippen molar-refractivity contribution in [1.82, 2.24) is 19.9 Å². The van der Waals surface area contributed by atoms with Gasteiger partial charge in [-0.2, -0.15) is 0 Å². The molecule has 5 rings (SSSR count). The Kier molecular flexibility index (Phi) is 8.62. The lowest BCUT2D eigenvalue weighted by Crippen LogP contribution is -2.52. The second-order valence-electron chi connectivity index (χ2n) is 10.5. The van der Waals surface area contributed by atoms with Gasteiger partial charge in [0.25, 0.3) is 0 Å². The molecule has 9 nitrogen and oxygen atoms in total. The highest BCUT2D eigenvalue weighted by Crippen LogP contribution is 2.29. The van der Waals surface area contributed by atoms with Crippen LogP contribution in [-0.4, -0.2) is 59.0 Å². The van der Waals surface area contributed by atoms with Crippen LogP contribution >= 0.6 is 0 Å². The summed E-state index contributed by atoms with van der Waals surface area (Å²) in [5.74, 6) is 0.298. The zero-order valence-corrected chi connectivity index (χ0v) is 23.7. The average Bonchev–Trinajstić information content (AvgIpc) is 3.40. The molecule has 1 N–H and O–H groups in total. The van der Waals surface area contributed by atoms with Gasteiger partial charge in [0.1, 0.15) is 23.9 Å². The van der Waals surface area contributed by atoms with Crippen LogP contribution in [0.3, 0.4) is 0 Å². The van der Waals surface area contributed by atoms with E-state index in [2.05, 4.69) is 27.8 Å². The van der Waals surface area contributed by atoms with E-state index in [0.29, 0.717) is 5.69 Å². The molecule has 2 amide bonds. The molecule has 0 aliphatic heterocycles. The minimum atomic E-state index is -0.683. The van der Waals surface area contributed by atoms with Crippen LogP contribution in [0, 0.1) is 5.92 Å². The van der Waals surface area contributed by atoms with Gasteiger partial charge in [-0.25, -0.2) is 4.68 Å². The first-order valence-electron chi connectivity index (χ1n) is 13.9. The van der Waals surface area contributed by atoms with Gasteiger partial charge in [-0.1, -0.05) is 41.6 Å². The summed E-state index contributed by atoms with van der Waals surface area (Å²) in [6.45, 7) is 0.244. The minimum absolute atomic E-state index is 0.0272. The highest BCUT2D eigenvalue weighted by Gasteiger charge is 2.37. The van der Waals surface area contributed by atoms with Crippen molar-refractivity contribution in [3.05, 3.63) is 90.5 Å². The molecular weight excluding hydrogens is 516 g/mol. The summed E-state index contributed by atoms with van der Waals surface area (Å²) in [5, 5.41) is 11.6. The number of rotatable bonds is 10. The number of nitrogens with zero attached hydrogens (tertiary/aromatic N) is 5. The average molecular weight is 553 g/mol. The van der Waals surface area contributed by atoms with Crippen molar-refractivity contribution in [1.29, 1.82) is 0 Å². The van der Waals surface area contributed by atoms with E-state index in [-0.39, 0.29) is 30.8 Å². The maximum absolute atomic E-state index is 14.2. The molecule has 0 bridgehead atoms. The van der Waals surface area contributed by atoms with E-state index in [1.807, 2.05) is 91.8 Å². The quantitative estimate of drug-likeness (QED) is 0.282. The number of nitrogens with one attached hydrogen (secondary N) is 1. The molecule has 0 spiro atoms. The molecule has 1 heterocycles. The van der Waals surface area contributed by atoms with Crippen LogP contribution in [0.25, 0.3) is 11.0 Å². The third-order valence-corrected chi connectivity index (χ3v) is 7.55. The molecule has 41 heavy (non-hydrogen) atoms. The van der Waals surface area contributed by atoms with Gasteiger partial charge < -0.3 is 19.9 Å². The summed E-state index contributed by atoms with van der Waals surface area (Å²) in [6.07, 6.45) is 6.65. The second kappa shape index (κ2) is 12.7. The molecule has 0 radical (unpaired) electrons. The van der Waals surface area contributed by atoms with Crippen molar-refractivity contribution in [2.24, 2.45) is 5.92 Å². The molecule has 1 aliphatic rings. The summed E-state index contributed by atoms with van der Waals surface area (Å²) in [7, 11) is 5.57. The number of anilines is 2. The van der Waals surface area contributed by atoms with Gasteiger partial charge in [-0.05, 0) is 79.3 Å². The smallest absolute Gasteiger partial charge is 0.247 e. The monoisotopic (exact) mass is 552 g/mol. The van der Waals surface area contributed by atoms with Gasteiger partial charge in [-0.3, -0.25) is 9.59 Å². The lowest BCUT2D eigenvalue weighted by molar-refractivity contribution is -0.142. The van der Waals surface area contributed by atoms with Gasteiger partial charge >= 0.3 is 0 Å². The van der Waals surface area contributed by atoms with Gasteiger partial charge in [0.2, 0.25) is 11.8 Å². The van der Waals surface area contributed by atoms with Crippen molar-refractivity contribution in [3.63, 3.8) is 0 Å². The Balaban J connectivity index is 1.48. The minimum Gasteiger partial charge on any atom is -0.497 e. The second-order valence-corrected chi connectivity index (χ2v) is 10.5. The first-order chi connectivity index (χ1) is 19.9. The molecule has 1 aliphatic carbocycles. The molecule has 9 heteroatoms. The van der Waals surface area contributed by atoms with Crippen LogP contribution in [0.1, 0.15) is 24.8 Å². The van der Waals surface area contributed by atoms with Crippen LogP contribution in [0.2, 0.25) is 0 Å². The Morgan fingerprint density at radius 1 is 1.02 bits per heavy atom. The van der Waals surface area contributed by atoms with E-state index in [9.17, 15) is 9.59 Å². The number of ether oxygens (including phenoxy) is 1. The molecule has 0 fully saturated rings. The summed E-state index contributed by atoms with van der Waals surface area (Å²) >= 11 is 0. The SMILES string of the molecule is COc1ccc(CN(C(=O)Cn2nnc3ccccc32)[C@@H](C(=O)Nc2ccc(N(C)C)cc2)[C@@H]2CC=CCC2)cc1. The first-order valence-corrected chi connectivity index (χ1v) is 13.9. The predicted octanol–water partition coefficient (Wildman–Crippen LogP) is 4.90. The maximum Gasteiger partial charge on any atom is 0.247 e. The fraction of sp³-hybridized carbons (Fsp3) is 0.312. The number of carbonyl (C=O) groups excluding carboxylic acids is 2. The first kappa shape index (κ1) is 27.9. The Morgan fingerprint density at radius 2 is 1.78 bits per heavy atom. The number of carbonyl (C=O) groups is 2. The number of methoxy groups -OCH3 is 1. The lowest BCUT2D eigenvalue weighted by Gasteiger charge is -2.37. The van der Waals surface area contributed by atoms with E-state index in [4.69, 9.17) is 4.74 Å². The highest BCUT2D eigenvalue weighted by molar-refractivity contribution is 5.97. The Hall–Kier alpha value is -4.66. The van der Waals surface area contributed by atoms with Crippen LogP contribution < -0.4 is 15.0 Å². The number of hydrogen-bond donors (Lipinski definition) is 1. The fourth-order valence-corrected chi connectivity index (χ4v) is 5.30. The van der Waals surface area contributed by atoms with Gasteiger partial charge in [0, 0.05) is 32.0 Å². The predicted molar refractivity (Wildman–Crippen MR) is 161 cm³/mol. The highest BCUT2D eigenvalue weighted by atomic mass is 16.5. The van der Waals surface area contributed by atoms with Crippen molar-refractivity contribution >= 4 is 34.2 Å². The number of allylic oxidation sites excluding steroid dienone is 2. The molecule has 0 saturated heterocycles. The molecule has 2 atom stereocenters. The largest absolute Gasteiger partial charge is 0.497 e. The van der Waals surface area contributed by atoms with Gasteiger partial charge in [0.05, 0.1) is 12.6 Å². The molecular formula is C32H36N6O3. The summed E-state index contributed by atoms with van der Waals surface area (Å²) in [5.41, 5.74) is 4.12. The van der Waals surface area contributed by atoms with Crippen LogP contribution in [0.4, 0.5) is 11.4 Å². The van der Waals surface area contributed by atoms with Crippen LogP contribution in [0.5, 0.6) is 5.75 Å². The summed E-state index contributed by atoms with van der Waals surface area (Å²) in [4.78, 5) is 32.0. The van der Waals surface area contributed by atoms with Gasteiger partial charge in [-0.15, -0.1) is 5.10 Å². The van der Waals surface area contributed by atoms with E-state index in [1.54, 1.807) is 16.7 Å². The third kappa shape index (κ3) is 6.57. The third-order valence-electron chi connectivity index (χ3n) is 7.55. The van der Waals surface area contributed by atoms with Crippen molar-refractivity contribution in [3.8, 4) is 5.75 Å². The number of fused-ring (bicyclic) bond motifs is 1. The molecule has 3 aromatic carbocycles. The number of aromatic nitrogens is 3.